The summed E-state index contributed by atoms with van der Waals surface area (Å²) in [5.41, 5.74) is 0.395. The lowest BCUT2D eigenvalue weighted by molar-refractivity contribution is 0.0946. The highest BCUT2D eigenvalue weighted by atomic mass is 32.2. The maximum Gasteiger partial charge on any atom is 0.251 e. The molecule has 8 heteroatoms. The second-order valence-electron chi connectivity index (χ2n) is 5.68. The van der Waals surface area contributed by atoms with Crippen molar-refractivity contribution in [3.63, 3.8) is 0 Å². The standard InChI is InChI=1S/C15H19NO6S/c1-20-12-6-11(7-13-14(12)22-4-3-21-13)15(17)16-8-10-2-5-23(18,19)9-10/h6-7,10H,2-5,8-9H2,1H3,(H,16,17). The Labute approximate surface area is 134 Å². The van der Waals surface area contributed by atoms with Crippen LogP contribution in [0.1, 0.15) is 16.8 Å². The Morgan fingerprint density at radius 2 is 2.13 bits per heavy atom. The molecule has 126 valence electrons. The Hall–Kier alpha value is -1.96. The zero-order valence-corrected chi connectivity index (χ0v) is 13.6. The summed E-state index contributed by atoms with van der Waals surface area (Å²) in [5.74, 6) is 1.44. The first-order valence-corrected chi connectivity index (χ1v) is 9.27. The average Bonchev–Trinajstić information content (AvgIpc) is 2.90. The number of carbonyl (C=O) groups excluding carboxylic acids is 1. The summed E-state index contributed by atoms with van der Waals surface area (Å²) in [6.07, 6.45) is 0.590. The zero-order valence-electron chi connectivity index (χ0n) is 12.8. The second-order valence-corrected chi connectivity index (χ2v) is 7.91. The summed E-state index contributed by atoms with van der Waals surface area (Å²) in [5, 5.41) is 2.78. The number of hydrogen-bond acceptors (Lipinski definition) is 6. The monoisotopic (exact) mass is 341 g/mol. The largest absolute Gasteiger partial charge is 0.493 e. The van der Waals surface area contributed by atoms with E-state index in [-0.39, 0.29) is 23.3 Å². The third-order valence-electron chi connectivity index (χ3n) is 3.97. The molecule has 23 heavy (non-hydrogen) atoms. The Balaban J connectivity index is 1.70. The molecule has 1 fully saturated rings. The van der Waals surface area contributed by atoms with Crippen LogP contribution in [0.3, 0.4) is 0 Å². The fourth-order valence-corrected chi connectivity index (χ4v) is 4.64. The van der Waals surface area contributed by atoms with Gasteiger partial charge >= 0.3 is 0 Å². The van der Waals surface area contributed by atoms with E-state index in [4.69, 9.17) is 14.2 Å². The summed E-state index contributed by atoms with van der Waals surface area (Å²) in [4.78, 5) is 12.3. The van der Waals surface area contributed by atoms with Gasteiger partial charge in [0, 0.05) is 12.1 Å². The molecule has 0 aliphatic carbocycles. The number of sulfone groups is 1. The van der Waals surface area contributed by atoms with Gasteiger partial charge in [-0.1, -0.05) is 0 Å². The number of amides is 1. The summed E-state index contributed by atoms with van der Waals surface area (Å²) in [7, 11) is -1.44. The molecule has 7 nitrogen and oxygen atoms in total. The van der Waals surface area contributed by atoms with Crippen molar-refractivity contribution in [2.24, 2.45) is 5.92 Å². The highest BCUT2D eigenvalue weighted by molar-refractivity contribution is 7.91. The van der Waals surface area contributed by atoms with E-state index in [1.54, 1.807) is 12.1 Å². The molecule has 1 atom stereocenters. The highest BCUT2D eigenvalue weighted by Crippen LogP contribution is 2.40. The third-order valence-corrected chi connectivity index (χ3v) is 5.81. The fraction of sp³-hybridized carbons (Fsp3) is 0.533. The average molecular weight is 341 g/mol. The molecule has 1 amide bonds. The van der Waals surface area contributed by atoms with Gasteiger partial charge < -0.3 is 19.5 Å². The van der Waals surface area contributed by atoms with Crippen molar-refractivity contribution in [2.45, 2.75) is 6.42 Å². The van der Waals surface area contributed by atoms with E-state index < -0.39 is 9.84 Å². The third kappa shape index (κ3) is 3.52. The topological polar surface area (TPSA) is 90.9 Å². The van der Waals surface area contributed by atoms with Crippen LogP contribution < -0.4 is 19.5 Å². The van der Waals surface area contributed by atoms with Gasteiger partial charge in [-0.3, -0.25) is 4.79 Å². The molecule has 1 N–H and O–H groups in total. The highest BCUT2D eigenvalue weighted by Gasteiger charge is 2.28. The summed E-state index contributed by atoms with van der Waals surface area (Å²) < 4.78 is 39.1. The molecule has 1 saturated heterocycles. The minimum absolute atomic E-state index is 0.0249. The lowest BCUT2D eigenvalue weighted by atomic mass is 10.1. The molecule has 0 bridgehead atoms. The maximum absolute atomic E-state index is 12.3. The molecule has 2 aliphatic heterocycles. The van der Waals surface area contributed by atoms with E-state index in [1.165, 1.54) is 7.11 Å². The Morgan fingerprint density at radius 1 is 1.35 bits per heavy atom. The SMILES string of the molecule is COc1cc(C(=O)NCC2CCS(=O)(=O)C2)cc2c1OCCO2. The molecule has 2 aliphatic rings. The normalized spacial score (nSPS) is 21.7. The summed E-state index contributed by atoms with van der Waals surface area (Å²) in [6, 6.07) is 3.20. The smallest absolute Gasteiger partial charge is 0.251 e. The quantitative estimate of drug-likeness (QED) is 0.864. The van der Waals surface area contributed by atoms with Gasteiger partial charge in [0.15, 0.2) is 21.3 Å². The zero-order chi connectivity index (χ0) is 16.4. The van der Waals surface area contributed by atoms with Crippen LogP contribution in [0.25, 0.3) is 0 Å². The number of nitrogens with one attached hydrogen (secondary N) is 1. The van der Waals surface area contributed by atoms with E-state index in [9.17, 15) is 13.2 Å². The van der Waals surface area contributed by atoms with Gasteiger partial charge in [0.1, 0.15) is 13.2 Å². The van der Waals surface area contributed by atoms with Crippen molar-refractivity contribution >= 4 is 15.7 Å². The molecule has 1 unspecified atom stereocenters. The predicted octanol–water partition coefficient (Wildman–Crippen LogP) is 0.631. The Kier molecular flexibility index (Phi) is 4.34. The number of benzene rings is 1. The molecule has 0 saturated carbocycles. The number of fused-ring (bicyclic) bond motifs is 1. The molecule has 1 aromatic rings. The van der Waals surface area contributed by atoms with Crippen LogP contribution in [-0.2, 0) is 9.84 Å². The van der Waals surface area contributed by atoms with Gasteiger partial charge in [0.05, 0.1) is 18.6 Å². The summed E-state index contributed by atoms with van der Waals surface area (Å²) >= 11 is 0. The number of hydrogen-bond donors (Lipinski definition) is 1. The first-order chi connectivity index (χ1) is 11.0. The van der Waals surface area contributed by atoms with Gasteiger partial charge in [-0.05, 0) is 24.5 Å². The number of rotatable bonds is 4. The van der Waals surface area contributed by atoms with E-state index in [0.717, 1.165) is 0 Å². The van der Waals surface area contributed by atoms with Crippen molar-refractivity contribution in [3.8, 4) is 17.2 Å². The summed E-state index contributed by atoms with van der Waals surface area (Å²) in [6.45, 7) is 1.20. The molecule has 0 spiro atoms. The predicted molar refractivity (Wildman–Crippen MR) is 83.1 cm³/mol. The van der Waals surface area contributed by atoms with E-state index in [2.05, 4.69) is 5.32 Å². The van der Waals surface area contributed by atoms with Crippen LogP contribution >= 0.6 is 0 Å². The second kappa shape index (κ2) is 6.27. The number of ether oxygens (including phenoxy) is 3. The van der Waals surface area contributed by atoms with Crippen LogP contribution in [0.2, 0.25) is 0 Å². The Bertz CT molecular complexity index is 698. The van der Waals surface area contributed by atoms with Crippen LogP contribution in [0, 0.1) is 5.92 Å². The van der Waals surface area contributed by atoms with Gasteiger partial charge in [0.2, 0.25) is 5.75 Å². The molecular weight excluding hydrogens is 322 g/mol. The van der Waals surface area contributed by atoms with Crippen LogP contribution in [0.5, 0.6) is 17.2 Å². The lowest BCUT2D eigenvalue weighted by Crippen LogP contribution is -2.30. The first kappa shape index (κ1) is 15.9. The van der Waals surface area contributed by atoms with Crippen molar-refractivity contribution in [1.29, 1.82) is 0 Å². The van der Waals surface area contributed by atoms with Crippen molar-refractivity contribution in [2.75, 3.05) is 38.4 Å². The molecule has 0 radical (unpaired) electrons. The van der Waals surface area contributed by atoms with Crippen LogP contribution in [0.15, 0.2) is 12.1 Å². The van der Waals surface area contributed by atoms with Gasteiger partial charge in [-0.15, -0.1) is 0 Å². The molecule has 3 rings (SSSR count). The molecule has 2 heterocycles. The van der Waals surface area contributed by atoms with E-state index in [1.807, 2.05) is 0 Å². The minimum atomic E-state index is -2.94. The van der Waals surface area contributed by atoms with E-state index >= 15 is 0 Å². The van der Waals surface area contributed by atoms with Crippen LogP contribution in [0.4, 0.5) is 0 Å². The van der Waals surface area contributed by atoms with Gasteiger partial charge in [-0.25, -0.2) is 8.42 Å². The van der Waals surface area contributed by atoms with Gasteiger partial charge in [-0.2, -0.15) is 0 Å². The van der Waals surface area contributed by atoms with Gasteiger partial charge in [0.25, 0.3) is 5.91 Å². The molecule has 0 aromatic heterocycles. The van der Waals surface area contributed by atoms with Crippen molar-refractivity contribution in [3.05, 3.63) is 17.7 Å². The Morgan fingerprint density at radius 3 is 2.83 bits per heavy atom. The lowest BCUT2D eigenvalue weighted by Gasteiger charge is -2.21. The first-order valence-electron chi connectivity index (χ1n) is 7.45. The maximum atomic E-state index is 12.3. The number of methoxy groups -OCH3 is 1. The molecular formula is C15H19NO6S. The minimum Gasteiger partial charge on any atom is -0.493 e. The molecule has 1 aromatic carbocycles. The number of carbonyl (C=O) groups is 1. The van der Waals surface area contributed by atoms with E-state index in [0.29, 0.717) is 49.0 Å². The van der Waals surface area contributed by atoms with Crippen molar-refractivity contribution < 1.29 is 27.4 Å². The van der Waals surface area contributed by atoms with Crippen molar-refractivity contribution in [1.82, 2.24) is 5.32 Å². The fourth-order valence-electron chi connectivity index (χ4n) is 2.78. The van der Waals surface area contributed by atoms with Crippen LogP contribution in [-0.4, -0.2) is 52.7 Å².